The van der Waals surface area contributed by atoms with Gasteiger partial charge in [0.15, 0.2) is 5.82 Å². The lowest BCUT2D eigenvalue weighted by atomic mass is 9.92. The summed E-state index contributed by atoms with van der Waals surface area (Å²) in [6.45, 7) is 12.1. The van der Waals surface area contributed by atoms with Gasteiger partial charge < -0.3 is 9.42 Å². The van der Waals surface area contributed by atoms with Gasteiger partial charge in [0.1, 0.15) is 5.76 Å². The molecule has 1 aliphatic heterocycles. The second kappa shape index (κ2) is 6.90. The number of aromatic nitrogens is 2. The molecule has 3 heterocycles. The zero-order valence-electron chi connectivity index (χ0n) is 15.7. The average Bonchev–Trinajstić information content (AvgIpc) is 3.07. The molecule has 1 aliphatic rings. The average molecular weight is 341 g/mol. The number of rotatable bonds is 3. The van der Waals surface area contributed by atoms with Gasteiger partial charge in [0.05, 0.1) is 0 Å². The van der Waals surface area contributed by atoms with E-state index in [9.17, 15) is 4.79 Å². The number of carbonyl (C=O) groups excluding carboxylic acids is 1. The predicted octanol–water partition coefficient (Wildman–Crippen LogP) is 3.91. The summed E-state index contributed by atoms with van der Waals surface area (Å²) in [5.74, 6) is 2.80. The van der Waals surface area contributed by atoms with Crippen LogP contribution in [0.4, 0.5) is 0 Å². The Morgan fingerprint density at radius 1 is 1.20 bits per heavy atom. The molecule has 0 aromatic carbocycles. The maximum Gasteiger partial charge on any atom is 0.246 e. The van der Waals surface area contributed by atoms with E-state index in [1.165, 1.54) is 6.42 Å². The Labute approximate surface area is 149 Å². The molecule has 0 bridgehead atoms. The molecule has 2 aromatic heterocycles. The van der Waals surface area contributed by atoms with Gasteiger partial charge in [-0.3, -0.25) is 9.36 Å². The highest BCUT2D eigenvalue weighted by Crippen LogP contribution is 2.23. The standard InChI is InChI=1S/C20H27N3O2/c1-13-8-14(2)12-22(11-13)20(24)7-6-18-9-15(3)23(17(18)5)19-10-16(4)25-21-19/h6-7,9-10,13-14H,8,11-12H2,1-5H3/b7-6+. The summed E-state index contributed by atoms with van der Waals surface area (Å²) in [6.07, 6.45) is 4.81. The molecule has 2 unspecified atom stereocenters. The topological polar surface area (TPSA) is 51.3 Å². The lowest BCUT2D eigenvalue weighted by molar-refractivity contribution is -0.128. The second-order valence-corrected chi connectivity index (χ2v) is 7.48. The van der Waals surface area contributed by atoms with Crippen molar-refractivity contribution in [1.29, 1.82) is 0 Å². The van der Waals surface area contributed by atoms with Gasteiger partial charge in [0, 0.05) is 36.6 Å². The van der Waals surface area contributed by atoms with E-state index in [4.69, 9.17) is 4.52 Å². The van der Waals surface area contributed by atoms with Crippen LogP contribution in [-0.4, -0.2) is 33.6 Å². The van der Waals surface area contributed by atoms with E-state index < -0.39 is 0 Å². The van der Waals surface area contributed by atoms with Crippen molar-refractivity contribution in [3.05, 3.63) is 40.9 Å². The van der Waals surface area contributed by atoms with Crippen molar-refractivity contribution in [2.45, 2.75) is 41.0 Å². The molecule has 2 atom stereocenters. The highest BCUT2D eigenvalue weighted by Gasteiger charge is 2.24. The van der Waals surface area contributed by atoms with Crippen LogP contribution in [0, 0.1) is 32.6 Å². The van der Waals surface area contributed by atoms with Crippen LogP contribution >= 0.6 is 0 Å². The fourth-order valence-electron chi connectivity index (χ4n) is 3.88. The molecule has 5 heteroatoms. The van der Waals surface area contributed by atoms with E-state index in [0.29, 0.717) is 11.8 Å². The first-order valence-corrected chi connectivity index (χ1v) is 8.94. The Morgan fingerprint density at radius 3 is 2.48 bits per heavy atom. The molecule has 0 radical (unpaired) electrons. The van der Waals surface area contributed by atoms with Crippen molar-refractivity contribution in [1.82, 2.24) is 14.6 Å². The minimum atomic E-state index is 0.0977. The van der Waals surface area contributed by atoms with Crippen molar-refractivity contribution in [2.75, 3.05) is 13.1 Å². The molecule has 1 amide bonds. The van der Waals surface area contributed by atoms with Crippen LogP contribution in [0.15, 0.2) is 22.7 Å². The molecule has 3 rings (SSSR count). The van der Waals surface area contributed by atoms with Crippen LogP contribution < -0.4 is 0 Å². The first kappa shape index (κ1) is 17.5. The summed E-state index contributed by atoms with van der Waals surface area (Å²) < 4.78 is 7.23. The van der Waals surface area contributed by atoms with Crippen LogP contribution in [0.5, 0.6) is 0 Å². The van der Waals surface area contributed by atoms with Crippen LogP contribution in [0.2, 0.25) is 0 Å². The number of aryl methyl sites for hydroxylation is 2. The summed E-state index contributed by atoms with van der Waals surface area (Å²) in [5.41, 5.74) is 3.15. The first-order chi connectivity index (χ1) is 11.8. The molecular weight excluding hydrogens is 314 g/mol. The smallest absolute Gasteiger partial charge is 0.246 e. The molecule has 1 fully saturated rings. The summed E-state index contributed by atoms with van der Waals surface area (Å²) in [4.78, 5) is 14.5. The van der Waals surface area contributed by atoms with Gasteiger partial charge in [0.2, 0.25) is 5.91 Å². The first-order valence-electron chi connectivity index (χ1n) is 8.94. The molecule has 2 aromatic rings. The molecule has 134 valence electrons. The number of nitrogens with zero attached hydrogens (tertiary/aromatic N) is 3. The third-order valence-corrected chi connectivity index (χ3v) is 4.90. The van der Waals surface area contributed by atoms with Crippen molar-refractivity contribution in [3.63, 3.8) is 0 Å². The number of likely N-dealkylation sites (tertiary alicyclic amines) is 1. The number of hydrogen-bond acceptors (Lipinski definition) is 3. The Bertz CT molecular complexity index is 790. The highest BCUT2D eigenvalue weighted by molar-refractivity contribution is 5.92. The lowest BCUT2D eigenvalue weighted by Crippen LogP contribution is -2.41. The van der Waals surface area contributed by atoms with Crippen molar-refractivity contribution >= 4 is 12.0 Å². The molecule has 1 saturated heterocycles. The van der Waals surface area contributed by atoms with Crippen LogP contribution in [0.3, 0.4) is 0 Å². The van der Waals surface area contributed by atoms with Gasteiger partial charge in [-0.1, -0.05) is 19.0 Å². The Balaban J connectivity index is 1.79. The van der Waals surface area contributed by atoms with E-state index >= 15 is 0 Å². The zero-order valence-corrected chi connectivity index (χ0v) is 15.7. The lowest BCUT2D eigenvalue weighted by Gasteiger charge is -2.34. The Morgan fingerprint density at radius 2 is 1.88 bits per heavy atom. The zero-order chi connectivity index (χ0) is 18.1. The molecule has 5 nitrogen and oxygen atoms in total. The van der Waals surface area contributed by atoms with E-state index in [2.05, 4.69) is 25.1 Å². The monoisotopic (exact) mass is 341 g/mol. The molecular formula is C20H27N3O2. The summed E-state index contributed by atoms with van der Waals surface area (Å²) in [6, 6.07) is 3.99. The third kappa shape index (κ3) is 3.70. The van der Waals surface area contributed by atoms with Crippen LogP contribution in [0.25, 0.3) is 11.9 Å². The molecule has 0 saturated carbocycles. The van der Waals surface area contributed by atoms with Crippen LogP contribution in [-0.2, 0) is 4.79 Å². The van der Waals surface area contributed by atoms with Gasteiger partial charge in [-0.2, -0.15) is 0 Å². The molecule has 25 heavy (non-hydrogen) atoms. The maximum absolute atomic E-state index is 12.5. The number of carbonyl (C=O) groups is 1. The van der Waals surface area contributed by atoms with Crippen molar-refractivity contribution in [2.24, 2.45) is 11.8 Å². The largest absolute Gasteiger partial charge is 0.360 e. The fraction of sp³-hybridized carbons (Fsp3) is 0.500. The number of piperidine rings is 1. The SMILES string of the molecule is Cc1cc(-n2c(C)cc(/C=C/C(=O)N3CC(C)CC(C)C3)c2C)no1. The summed E-state index contributed by atoms with van der Waals surface area (Å²) in [5, 5.41) is 4.10. The quantitative estimate of drug-likeness (QED) is 0.795. The van der Waals surface area contributed by atoms with Crippen molar-refractivity contribution in [3.8, 4) is 5.82 Å². The predicted molar refractivity (Wildman–Crippen MR) is 98.6 cm³/mol. The van der Waals surface area contributed by atoms with Gasteiger partial charge in [0.25, 0.3) is 0 Å². The number of hydrogen-bond donors (Lipinski definition) is 0. The maximum atomic E-state index is 12.5. The minimum absolute atomic E-state index is 0.0977. The molecule has 0 aliphatic carbocycles. The molecule has 0 N–H and O–H groups in total. The van der Waals surface area contributed by atoms with E-state index in [1.54, 1.807) is 6.08 Å². The third-order valence-electron chi connectivity index (χ3n) is 4.90. The summed E-state index contributed by atoms with van der Waals surface area (Å²) in [7, 11) is 0. The number of amides is 1. The van der Waals surface area contributed by atoms with Gasteiger partial charge >= 0.3 is 0 Å². The normalized spacial score (nSPS) is 21.2. The minimum Gasteiger partial charge on any atom is -0.360 e. The van der Waals surface area contributed by atoms with E-state index in [-0.39, 0.29) is 5.91 Å². The Hall–Kier alpha value is -2.30. The van der Waals surface area contributed by atoms with E-state index in [0.717, 1.165) is 41.6 Å². The highest BCUT2D eigenvalue weighted by atomic mass is 16.5. The Kier molecular flexibility index (Phi) is 4.84. The molecule has 0 spiro atoms. The van der Waals surface area contributed by atoms with Crippen LogP contribution in [0.1, 0.15) is 43.0 Å². The fourth-order valence-corrected chi connectivity index (χ4v) is 3.88. The van der Waals surface area contributed by atoms with Gasteiger partial charge in [-0.15, -0.1) is 0 Å². The van der Waals surface area contributed by atoms with Gasteiger partial charge in [-0.05, 0) is 56.7 Å². The summed E-state index contributed by atoms with van der Waals surface area (Å²) >= 11 is 0. The van der Waals surface area contributed by atoms with Crippen molar-refractivity contribution < 1.29 is 9.32 Å². The van der Waals surface area contributed by atoms with Gasteiger partial charge in [-0.25, -0.2) is 0 Å². The van der Waals surface area contributed by atoms with E-state index in [1.807, 2.05) is 42.4 Å². The second-order valence-electron chi connectivity index (χ2n) is 7.48.